The number of nitrogens with one attached hydrogen (secondary N) is 1. The number of carbonyl (C=O) groups is 1. The van der Waals surface area contributed by atoms with Crippen LogP contribution in [0.4, 0.5) is 5.82 Å². The summed E-state index contributed by atoms with van der Waals surface area (Å²) in [5.41, 5.74) is 9.63. The van der Waals surface area contributed by atoms with Crippen LogP contribution in [0.3, 0.4) is 0 Å². The van der Waals surface area contributed by atoms with Gasteiger partial charge in [-0.2, -0.15) is 10.2 Å². The van der Waals surface area contributed by atoms with E-state index in [4.69, 9.17) is 10.5 Å². The Hall–Kier alpha value is -3.30. The van der Waals surface area contributed by atoms with Gasteiger partial charge in [0.1, 0.15) is 11.6 Å². The fourth-order valence-corrected chi connectivity index (χ4v) is 4.09. The summed E-state index contributed by atoms with van der Waals surface area (Å²) >= 11 is 0. The normalized spacial score (nSPS) is 17.5. The number of fused-ring (bicyclic) bond motifs is 3. The molecule has 4 heterocycles. The smallest absolute Gasteiger partial charge is 0.162 e. The highest BCUT2D eigenvalue weighted by Crippen LogP contribution is 2.30. The molecule has 0 amide bonds. The van der Waals surface area contributed by atoms with Crippen molar-refractivity contribution in [1.82, 2.24) is 29.9 Å². The van der Waals surface area contributed by atoms with Crippen LogP contribution in [0.25, 0.3) is 33.1 Å². The minimum absolute atomic E-state index is 0.154. The van der Waals surface area contributed by atoms with Crippen molar-refractivity contribution in [3.63, 3.8) is 0 Å². The lowest BCUT2D eigenvalue weighted by Gasteiger charge is -2.29. The number of pyridine rings is 1. The van der Waals surface area contributed by atoms with Crippen LogP contribution in [-0.4, -0.2) is 68.5 Å². The van der Waals surface area contributed by atoms with Crippen molar-refractivity contribution in [1.29, 1.82) is 0 Å². The molecule has 1 aliphatic rings. The summed E-state index contributed by atoms with van der Waals surface area (Å²) < 4.78 is 7.47. The van der Waals surface area contributed by atoms with Crippen LogP contribution in [0.15, 0.2) is 36.7 Å². The van der Waals surface area contributed by atoms with Gasteiger partial charge in [-0.3, -0.25) is 14.6 Å². The fourth-order valence-electron chi connectivity index (χ4n) is 4.09. The van der Waals surface area contributed by atoms with E-state index in [9.17, 15) is 4.79 Å². The molecule has 3 aromatic heterocycles. The number of aromatic nitrogens is 5. The second-order valence-corrected chi connectivity index (χ2v) is 8.05. The lowest BCUT2D eigenvalue weighted by Crippen LogP contribution is -2.44. The van der Waals surface area contributed by atoms with Gasteiger partial charge in [0.05, 0.1) is 17.8 Å². The van der Waals surface area contributed by atoms with Gasteiger partial charge in [-0.25, -0.2) is 4.98 Å². The molecule has 1 fully saturated rings. The Labute approximate surface area is 179 Å². The Morgan fingerprint density at radius 1 is 1.32 bits per heavy atom. The molecule has 0 bridgehead atoms. The van der Waals surface area contributed by atoms with Crippen LogP contribution in [0, 0.1) is 0 Å². The molecule has 4 aromatic rings. The second kappa shape index (κ2) is 8.09. The summed E-state index contributed by atoms with van der Waals surface area (Å²) in [7, 11) is 2.01. The number of hydrogen-bond donors (Lipinski definition) is 2. The van der Waals surface area contributed by atoms with Crippen molar-refractivity contribution in [2.75, 3.05) is 32.5 Å². The highest BCUT2D eigenvalue weighted by atomic mass is 16.5. The fraction of sp³-hybridized carbons (Fsp3) is 0.364. The first kappa shape index (κ1) is 19.7. The number of morpholine rings is 1. The van der Waals surface area contributed by atoms with Gasteiger partial charge >= 0.3 is 0 Å². The summed E-state index contributed by atoms with van der Waals surface area (Å²) in [6.07, 6.45) is 4.56. The quantitative estimate of drug-likeness (QED) is 0.492. The third-order valence-corrected chi connectivity index (χ3v) is 5.78. The van der Waals surface area contributed by atoms with E-state index < -0.39 is 0 Å². The van der Waals surface area contributed by atoms with Crippen molar-refractivity contribution in [2.45, 2.75) is 25.5 Å². The molecule has 160 valence electrons. The number of aryl methyl sites for hydroxylation is 1. The van der Waals surface area contributed by atoms with E-state index in [1.807, 2.05) is 42.2 Å². The molecule has 31 heavy (non-hydrogen) atoms. The zero-order valence-electron chi connectivity index (χ0n) is 17.4. The van der Waals surface area contributed by atoms with Gasteiger partial charge in [0.2, 0.25) is 0 Å². The number of hydrogen-bond acceptors (Lipinski definition) is 7. The number of rotatable bonds is 6. The molecule has 0 spiro atoms. The van der Waals surface area contributed by atoms with E-state index in [1.54, 1.807) is 6.20 Å². The second-order valence-electron chi connectivity index (χ2n) is 8.05. The third kappa shape index (κ3) is 3.89. The SMILES string of the molecule is CN1CCOC(C(=O)CCCn2cc3c(n2)c(N)nc2cc(-c4ccn[nH]4)ccc23)C1. The summed E-state index contributed by atoms with van der Waals surface area (Å²) in [5.74, 6) is 0.555. The molecular weight excluding hydrogens is 394 g/mol. The Morgan fingerprint density at radius 2 is 2.23 bits per heavy atom. The maximum atomic E-state index is 12.4. The average Bonchev–Trinajstić information content (AvgIpc) is 3.44. The summed E-state index contributed by atoms with van der Waals surface area (Å²) in [6.45, 7) is 2.78. The van der Waals surface area contributed by atoms with E-state index in [0.717, 1.165) is 34.1 Å². The molecule has 0 saturated carbocycles. The van der Waals surface area contributed by atoms with Crippen molar-refractivity contribution >= 4 is 33.4 Å². The number of Topliss-reactive ketones (excluding diaryl/α,β-unsaturated/α-hetero) is 1. The maximum Gasteiger partial charge on any atom is 0.162 e. The number of nitrogens with zero attached hydrogens (tertiary/aromatic N) is 5. The van der Waals surface area contributed by atoms with Crippen LogP contribution in [-0.2, 0) is 16.1 Å². The number of H-pyrrole nitrogens is 1. The molecule has 1 aromatic carbocycles. The predicted molar refractivity (Wildman–Crippen MR) is 119 cm³/mol. The molecule has 9 nitrogen and oxygen atoms in total. The molecule has 0 aliphatic carbocycles. The largest absolute Gasteiger partial charge is 0.382 e. The van der Waals surface area contributed by atoms with Crippen molar-refractivity contribution in [3.8, 4) is 11.3 Å². The molecule has 5 rings (SSSR count). The minimum Gasteiger partial charge on any atom is -0.382 e. The standard InChI is InChI=1S/C22H25N7O2/c1-28-9-10-31-20(13-28)19(30)3-2-8-29-12-16-15-5-4-14(17-6-7-24-26-17)11-18(15)25-22(23)21(16)27-29/h4-7,11-12,20H,2-3,8-10,13H2,1H3,(H2,23,25)(H,24,26). The van der Waals surface area contributed by atoms with Gasteiger partial charge in [0.15, 0.2) is 11.6 Å². The predicted octanol–water partition coefficient (Wildman–Crippen LogP) is 2.24. The van der Waals surface area contributed by atoms with Crippen molar-refractivity contribution < 1.29 is 9.53 Å². The Morgan fingerprint density at radius 3 is 3.03 bits per heavy atom. The highest BCUT2D eigenvalue weighted by molar-refractivity contribution is 6.08. The number of likely N-dealkylation sites (N-methyl/N-ethyl adjacent to an activating group) is 1. The molecule has 3 N–H and O–H groups in total. The number of anilines is 1. The Kier molecular flexibility index (Phi) is 5.13. The summed E-state index contributed by atoms with van der Waals surface area (Å²) in [6, 6.07) is 7.98. The van der Waals surface area contributed by atoms with Gasteiger partial charge in [-0.1, -0.05) is 12.1 Å². The molecule has 1 aliphatic heterocycles. The van der Waals surface area contributed by atoms with Crippen LogP contribution >= 0.6 is 0 Å². The monoisotopic (exact) mass is 419 g/mol. The number of benzene rings is 1. The number of nitrogen functional groups attached to an aromatic ring is 1. The van der Waals surface area contributed by atoms with Gasteiger partial charge in [-0.05, 0) is 25.6 Å². The van der Waals surface area contributed by atoms with E-state index in [-0.39, 0.29) is 11.9 Å². The van der Waals surface area contributed by atoms with Gasteiger partial charge < -0.3 is 15.4 Å². The zero-order chi connectivity index (χ0) is 21.4. The maximum absolute atomic E-state index is 12.4. The van der Waals surface area contributed by atoms with Crippen LogP contribution < -0.4 is 5.73 Å². The van der Waals surface area contributed by atoms with E-state index in [0.29, 0.717) is 43.9 Å². The molecule has 0 radical (unpaired) electrons. The van der Waals surface area contributed by atoms with E-state index in [1.165, 1.54) is 0 Å². The number of nitrogens with two attached hydrogens (primary N) is 1. The Balaban J connectivity index is 1.34. The number of ketones is 1. The van der Waals surface area contributed by atoms with Gasteiger partial charge in [0, 0.05) is 54.8 Å². The summed E-state index contributed by atoms with van der Waals surface area (Å²) in [5, 5.41) is 13.5. The average molecular weight is 419 g/mol. The zero-order valence-corrected chi connectivity index (χ0v) is 17.4. The number of ether oxygens (including phenoxy) is 1. The van der Waals surface area contributed by atoms with Gasteiger partial charge in [0.25, 0.3) is 0 Å². The first-order valence-corrected chi connectivity index (χ1v) is 10.5. The highest BCUT2D eigenvalue weighted by Gasteiger charge is 2.24. The molecular formula is C22H25N7O2. The first-order valence-electron chi connectivity index (χ1n) is 10.5. The topological polar surface area (TPSA) is 115 Å². The van der Waals surface area contributed by atoms with Crippen molar-refractivity contribution in [3.05, 3.63) is 36.7 Å². The van der Waals surface area contributed by atoms with Gasteiger partial charge in [-0.15, -0.1) is 0 Å². The van der Waals surface area contributed by atoms with Crippen LogP contribution in [0.2, 0.25) is 0 Å². The van der Waals surface area contributed by atoms with E-state index in [2.05, 4.69) is 25.2 Å². The number of aromatic amines is 1. The van der Waals surface area contributed by atoms with Crippen LogP contribution in [0.1, 0.15) is 12.8 Å². The number of carbonyl (C=O) groups excluding carboxylic acids is 1. The Bertz CT molecular complexity index is 1230. The minimum atomic E-state index is -0.316. The lowest BCUT2D eigenvalue weighted by atomic mass is 10.1. The van der Waals surface area contributed by atoms with E-state index >= 15 is 0 Å². The lowest BCUT2D eigenvalue weighted by molar-refractivity contribution is -0.135. The first-order chi connectivity index (χ1) is 15.1. The molecule has 1 unspecified atom stereocenters. The molecule has 9 heteroatoms. The molecule has 1 saturated heterocycles. The third-order valence-electron chi connectivity index (χ3n) is 5.78. The van der Waals surface area contributed by atoms with Crippen molar-refractivity contribution in [2.24, 2.45) is 0 Å². The summed E-state index contributed by atoms with van der Waals surface area (Å²) in [4.78, 5) is 19.1. The molecule has 1 atom stereocenters. The van der Waals surface area contributed by atoms with Crippen LogP contribution in [0.5, 0.6) is 0 Å².